The van der Waals surface area contributed by atoms with Gasteiger partial charge in [-0.05, 0) is 25.1 Å². The Morgan fingerprint density at radius 1 is 0.954 bits per heavy atom. The van der Waals surface area contributed by atoms with Gasteiger partial charge in [0.2, 0.25) is 17.3 Å². The van der Waals surface area contributed by atoms with Crippen LogP contribution in [0.1, 0.15) is 66.8 Å². The summed E-state index contributed by atoms with van der Waals surface area (Å²) in [5, 5.41) is 80.8. The van der Waals surface area contributed by atoms with E-state index in [9.17, 15) is 59.7 Å². The molecule has 3 aliphatic carbocycles. The smallest absolute Gasteiger partial charge is 0.364 e. The van der Waals surface area contributed by atoms with Gasteiger partial charge in [0.25, 0.3) is 0 Å². The summed E-state index contributed by atoms with van der Waals surface area (Å²) in [5.41, 5.74) is -10.8. The largest absolute Gasteiger partial charge is 0.507 e. The molecule has 340 valence electrons. The fraction of sp³-hybridized carbons (Fsp3) is 0.326. The zero-order valence-electron chi connectivity index (χ0n) is 34.5. The van der Waals surface area contributed by atoms with Crippen molar-refractivity contribution in [3.63, 3.8) is 0 Å². The molecule has 0 radical (unpaired) electrons. The third kappa shape index (κ3) is 7.00. The number of amides is 1. The molecule has 0 spiro atoms. The summed E-state index contributed by atoms with van der Waals surface area (Å²) >= 11 is 5.94. The number of rotatable bonds is 9. The predicted octanol–water partition coefficient (Wildman–Crippen LogP) is 3.60. The molecule has 19 heteroatoms. The second kappa shape index (κ2) is 16.2. The van der Waals surface area contributed by atoms with Gasteiger partial charge in [0.15, 0.2) is 34.3 Å². The number of phenols is 2. The maximum atomic E-state index is 14.3. The SMILES string of the molecule is C=C1C=CC2(O)C(O)(C1)CC(O)C13OC12C(=O)c1ccc(C2CC(OC(=O)C=CC=CC=CC=CC(=O)Nc4c(O)c5ccc(O)c(Cl)c5oc4=O)C(OC(C)=O)C(C)O2)c(O)c1C3O. The molecule has 2 aliphatic heterocycles. The van der Waals surface area contributed by atoms with Gasteiger partial charge in [-0.2, -0.15) is 0 Å². The quantitative estimate of drug-likeness (QED) is 0.0500. The van der Waals surface area contributed by atoms with Gasteiger partial charge < -0.3 is 64.4 Å². The lowest BCUT2D eigenvalue weighted by molar-refractivity contribution is -0.203. The van der Waals surface area contributed by atoms with Crippen molar-refractivity contribution in [3.8, 4) is 17.2 Å². The highest BCUT2D eigenvalue weighted by atomic mass is 35.5. The van der Waals surface area contributed by atoms with E-state index >= 15 is 0 Å². The maximum absolute atomic E-state index is 14.3. The average Bonchev–Trinajstić information content (AvgIpc) is 3.98. The number of carbonyl (C=O) groups is 4. The predicted molar refractivity (Wildman–Crippen MR) is 227 cm³/mol. The highest BCUT2D eigenvalue weighted by molar-refractivity contribution is 6.36. The molecule has 3 heterocycles. The summed E-state index contributed by atoms with van der Waals surface area (Å²) in [6.07, 6.45) is 4.82. The zero-order valence-corrected chi connectivity index (χ0v) is 35.2. The number of hydrogen-bond donors (Lipinski definition) is 8. The van der Waals surface area contributed by atoms with Crippen LogP contribution < -0.4 is 10.9 Å². The number of allylic oxidation sites excluding steroid dienone is 7. The number of nitrogens with one attached hydrogen (secondary N) is 1. The van der Waals surface area contributed by atoms with Crippen LogP contribution in [0.5, 0.6) is 17.2 Å². The number of ketones is 1. The average molecular weight is 916 g/mol. The van der Waals surface area contributed by atoms with Crippen molar-refractivity contribution >= 4 is 51.9 Å². The number of esters is 2. The first kappa shape index (κ1) is 45.2. The van der Waals surface area contributed by atoms with E-state index < -0.39 is 112 Å². The number of aliphatic hydroxyl groups is 4. The second-order valence-electron chi connectivity index (χ2n) is 16.4. The Hall–Kier alpha value is -6.38. The van der Waals surface area contributed by atoms with Crippen molar-refractivity contribution in [3.05, 3.63) is 129 Å². The van der Waals surface area contributed by atoms with Crippen LogP contribution in [0.25, 0.3) is 11.0 Å². The number of fused-ring (bicyclic) bond motifs is 3. The van der Waals surface area contributed by atoms with E-state index in [0.717, 1.165) is 12.2 Å². The Balaban J connectivity index is 0.936. The number of halogens is 1. The van der Waals surface area contributed by atoms with Crippen LogP contribution in [-0.2, 0) is 33.3 Å². The molecule has 5 aliphatic rings. The van der Waals surface area contributed by atoms with Gasteiger partial charge in [0, 0.05) is 55.0 Å². The third-order valence-electron chi connectivity index (χ3n) is 12.5. The van der Waals surface area contributed by atoms with E-state index in [1.54, 1.807) is 6.92 Å². The van der Waals surface area contributed by atoms with E-state index in [2.05, 4.69) is 11.9 Å². The van der Waals surface area contributed by atoms with Crippen LogP contribution >= 0.6 is 11.6 Å². The van der Waals surface area contributed by atoms with Gasteiger partial charge in [-0.3, -0.25) is 14.4 Å². The lowest BCUT2D eigenvalue weighted by Gasteiger charge is -2.54. The first-order valence-electron chi connectivity index (χ1n) is 20.2. The minimum Gasteiger partial charge on any atom is -0.507 e. The van der Waals surface area contributed by atoms with E-state index in [4.69, 9.17) is 35.0 Å². The van der Waals surface area contributed by atoms with Crippen molar-refractivity contribution < 1.29 is 78.3 Å². The van der Waals surface area contributed by atoms with Gasteiger partial charge in [0.05, 0.1) is 23.7 Å². The van der Waals surface area contributed by atoms with Gasteiger partial charge in [-0.25, -0.2) is 9.59 Å². The second-order valence-corrected chi connectivity index (χ2v) is 16.8. The first-order chi connectivity index (χ1) is 30.7. The molecule has 8 N–H and O–H groups in total. The number of aromatic hydroxyl groups is 3. The van der Waals surface area contributed by atoms with Crippen molar-refractivity contribution in [2.75, 3.05) is 5.32 Å². The molecule has 2 saturated heterocycles. The number of Topliss-reactive ketones (excluding diaryl/α,β-unsaturated/α-hetero) is 1. The highest BCUT2D eigenvalue weighted by Crippen LogP contribution is 2.74. The highest BCUT2D eigenvalue weighted by Gasteiger charge is 2.94. The van der Waals surface area contributed by atoms with E-state index in [-0.39, 0.29) is 51.3 Å². The summed E-state index contributed by atoms with van der Waals surface area (Å²) < 4.78 is 28.3. The Bertz CT molecular complexity index is 2790. The molecule has 1 amide bonds. The topological polar surface area (TPSA) is 292 Å². The van der Waals surface area contributed by atoms with Crippen LogP contribution in [0.15, 0.2) is 106 Å². The molecule has 1 saturated carbocycles. The normalized spacial score (nSPS) is 32.7. The number of epoxide rings is 1. The Morgan fingerprint density at radius 3 is 2.35 bits per heavy atom. The van der Waals surface area contributed by atoms with Crippen LogP contribution in [0.3, 0.4) is 0 Å². The molecule has 0 bridgehead atoms. The Kier molecular flexibility index (Phi) is 11.3. The number of aliphatic hydroxyl groups excluding tert-OH is 2. The lowest BCUT2D eigenvalue weighted by Crippen LogP contribution is -2.75. The molecule has 18 nitrogen and oxygen atoms in total. The van der Waals surface area contributed by atoms with Crippen molar-refractivity contribution in [2.24, 2.45) is 0 Å². The first-order valence-corrected chi connectivity index (χ1v) is 20.6. The van der Waals surface area contributed by atoms with Gasteiger partial charge in [-0.15, -0.1) is 0 Å². The van der Waals surface area contributed by atoms with Crippen molar-refractivity contribution in [1.82, 2.24) is 0 Å². The number of ether oxygens (including phenoxy) is 4. The van der Waals surface area contributed by atoms with Crippen molar-refractivity contribution in [1.29, 1.82) is 0 Å². The molecular formula is C46H42ClNO17. The summed E-state index contributed by atoms with van der Waals surface area (Å²) in [7, 11) is 0. The molecule has 3 fully saturated rings. The van der Waals surface area contributed by atoms with E-state index in [1.807, 2.05) is 0 Å². The van der Waals surface area contributed by atoms with Crippen LogP contribution in [0.4, 0.5) is 5.69 Å². The van der Waals surface area contributed by atoms with E-state index in [0.29, 0.717) is 5.57 Å². The summed E-state index contributed by atoms with van der Waals surface area (Å²) in [6, 6.07) is 5.10. The molecule has 8 rings (SSSR count). The lowest BCUT2D eigenvalue weighted by atomic mass is 9.51. The summed E-state index contributed by atoms with van der Waals surface area (Å²) in [6.45, 7) is 6.55. The molecule has 2 aromatic carbocycles. The van der Waals surface area contributed by atoms with Gasteiger partial charge in [-0.1, -0.05) is 78.4 Å². The zero-order chi connectivity index (χ0) is 47.0. The van der Waals surface area contributed by atoms with Crippen LogP contribution in [0.2, 0.25) is 5.02 Å². The Labute approximate surface area is 373 Å². The standard InChI is InChI=1S/C46H42ClNO17/c1-21-16-17-44(60)43(59,19-21)20-30(51)45-41(57)33-25(40(56)46(44,45)65-45)13-12-24(36(33)54)28-18-29(38(22(2)61-28)62-23(3)49)63-32(53)11-9-7-5-4-6-8-10-31(52)48-35-37(55)26-14-15-27(50)34(47)39(26)64-42(35)58/h4-17,22,28-30,38,41,50-51,54-55,57,59-60H,1,18-20H2,2-3H3,(H,48,52). The van der Waals surface area contributed by atoms with E-state index in [1.165, 1.54) is 79.8 Å². The summed E-state index contributed by atoms with van der Waals surface area (Å²) in [4.78, 5) is 64.2. The number of benzene rings is 2. The van der Waals surface area contributed by atoms with Gasteiger partial charge >= 0.3 is 17.6 Å². The van der Waals surface area contributed by atoms with Gasteiger partial charge in [0.1, 0.15) is 34.3 Å². The minimum atomic E-state index is -2.37. The Morgan fingerprint density at radius 2 is 1.65 bits per heavy atom. The molecule has 3 aromatic rings. The fourth-order valence-electron chi connectivity index (χ4n) is 9.53. The molecular weight excluding hydrogens is 874 g/mol. The number of anilines is 1. The molecule has 10 unspecified atom stereocenters. The minimum absolute atomic E-state index is 0.0162. The number of phenolic OH excluding ortho intramolecular Hbond substituents is 2. The van der Waals surface area contributed by atoms with Crippen LogP contribution in [0, 0.1) is 0 Å². The summed E-state index contributed by atoms with van der Waals surface area (Å²) in [5.74, 6) is -4.75. The fourth-order valence-corrected chi connectivity index (χ4v) is 9.73. The van der Waals surface area contributed by atoms with Crippen LogP contribution in [-0.4, -0.2) is 106 Å². The number of hydrogen-bond acceptors (Lipinski definition) is 17. The monoisotopic (exact) mass is 915 g/mol. The third-order valence-corrected chi connectivity index (χ3v) is 12.9. The van der Waals surface area contributed by atoms with Crippen molar-refractivity contribution in [2.45, 2.75) is 92.1 Å². The number of carbonyl (C=O) groups excluding carboxylic acids is 4. The molecule has 65 heavy (non-hydrogen) atoms. The maximum Gasteiger partial charge on any atom is 0.364 e. The molecule has 1 aromatic heterocycles. The molecule has 10 atom stereocenters.